The molecule has 1 aliphatic heterocycles. The van der Waals surface area contributed by atoms with Gasteiger partial charge in [0.25, 0.3) is 0 Å². The molecule has 2 amide bonds. The molecule has 8 nitrogen and oxygen atoms in total. The highest BCUT2D eigenvalue weighted by Gasteiger charge is 2.33. The van der Waals surface area contributed by atoms with Gasteiger partial charge in [-0.25, -0.2) is 4.68 Å². The monoisotopic (exact) mass is 368 g/mol. The van der Waals surface area contributed by atoms with Crippen LogP contribution in [-0.2, 0) is 9.59 Å². The first kappa shape index (κ1) is 16.2. The fraction of sp³-hybridized carbons (Fsp3) is 0.118. The Morgan fingerprint density at radius 3 is 2.88 bits per heavy atom. The number of benzene rings is 1. The third-order valence-electron chi connectivity index (χ3n) is 3.91. The van der Waals surface area contributed by atoms with Crippen LogP contribution in [0, 0.1) is 0 Å². The van der Waals surface area contributed by atoms with Gasteiger partial charge >= 0.3 is 0 Å². The van der Waals surface area contributed by atoms with Gasteiger partial charge in [-0.1, -0.05) is 23.7 Å². The second kappa shape index (κ2) is 6.57. The van der Waals surface area contributed by atoms with Gasteiger partial charge < -0.3 is 5.32 Å². The molecule has 26 heavy (non-hydrogen) atoms. The highest BCUT2D eigenvalue weighted by molar-refractivity contribution is 6.33. The minimum absolute atomic E-state index is 0.0425. The molecule has 9 heteroatoms. The van der Waals surface area contributed by atoms with Gasteiger partial charge in [-0.2, -0.15) is 4.98 Å². The SMILES string of the molecule is O=C1C[C@H](C(=O)Nc2ccccc2Cl)n2nc(-c3cccnc3)nc2N1. The first-order valence-electron chi connectivity index (χ1n) is 7.84. The van der Waals surface area contributed by atoms with Gasteiger partial charge in [0.05, 0.1) is 17.1 Å². The quantitative estimate of drug-likeness (QED) is 0.739. The van der Waals surface area contributed by atoms with Crippen molar-refractivity contribution < 1.29 is 9.59 Å². The number of carbonyl (C=O) groups excluding carboxylic acids is 2. The van der Waals surface area contributed by atoms with Crippen LogP contribution in [0.3, 0.4) is 0 Å². The van der Waals surface area contributed by atoms with Crippen molar-refractivity contribution in [1.82, 2.24) is 19.7 Å². The summed E-state index contributed by atoms with van der Waals surface area (Å²) >= 11 is 6.08. The van der Waals surface area contributed by atoms with Crippen molar-refractivity contribution in [3.05, 3.63) is 53.8 Å². The van der Waals surface area contributed by atoms with E-state index in [1.54, 1.807) is 48.8 Å². The molecule has 1 atom stereocenters. The maximum Gasteiger partial charge on any atom is 0.249 e. The van der Waals surface area contributed by atoms with E-state index in [-0.39, 0.29) is 18.3 Å². The first-order valence-corrected chi connectivity index (χ1v) is 8.22. The van der Waals surface area contributed by atoms with E-state index >= 15 is 0 Å². The summed E-state index contributed by atoms with van der Waals surface area (Å²) in [4.78, 5) is 33.1. The lowest BCUT2D eigenvalue weighted by atomic mass is 10.1. The maximum absolute atomic E-state index is 12.7. The first-order chi connectivity index (χ1) is 12.6. The molecular formula is C17H13ClN6O2. The number of pyridine rings is 1. The molecule has 0 saturated carbocycles. The number of aromatic nitrogens is 4. The molecule has 0 spiro atoms. The van der Waals surface area contributed by atoms with Crippen LogP contribution in [0.15, 0.2) is 48.8 Å². The number of nitrogens with zero attached hydrogens (tertiary/aromatic N) is 4. The van der Waals surface area contributed by atoms with Crippen molar-refractivity contribution in [2.75, 3.05) is 10.6 Å². The van der Waals surface area contributed by atoms with E-state index in [1.807, 2.05) is 0 Å². The Morgan fingerprint density at radius 2 is 2.12 bits per heavy atom. The molecule has 0 fully saturated rings. The molecule has 2 aromatic heterocycles. The van der Waals surface area contributed by atoms with Gasteiger partial charge in [0.1, 0.15) is 6.04 Å². The summed E-state index contributed by atoms with van der Waals surface area (Å²) in [6.07, 6.45) is 3.21. The summed E-state index contributed by atoms with van der Waals surface area (Å²) < 4.78 is 1.41. The lowest BCUT2D eigenvalue weighted by Crippen LogP contribution is -2.36. The van der Waals surface area contributed by atoms with Crippen molar-refractivity contribution in [1.29, 1.82) is 0 Å². The standard InChI is InChI=1S/C17H13ClN6O2/c18-11-5-1-2-6-12(11)20-16(26)13-8-14(25)21-17-22-15(23-24(13)17)10-4-3-7-19-9-10/h1-7,9,13H,8H2,(H,20,26)(H,21,22,23,25)/t13-/m1/s1. The molecule has 3 heterocycles. The van der Waals surface area contributed by atoms with Crippen molar-refractivity contribution in [2.45, 2.75) is 12.5 Å². The van der Waals surface area contributed by atoms with Crippen LogP contribution in [0.1, 0.15) is 12.5 Å². The van der Waals surface area contributed by atoms with Crippen molar-refractivity contribution in [3.63, 3.8) is 0 Å². The number of amides is 2. The summed E-state index contributed by atoms with van der Waals surface area (Å²) in [5.41, 5.74) is 1.16. The van der Waals surface area contributed by atoms with Gasteiger partial charge in [0.2, 0.25) is 17.8 Å². The van der Waals surface area contributed by atoms with Crippen LogP contribution in [-0.4, -0.2) is 31.6 Å². The highest BCUT2D eigenvalue weighted by Crippen LogP contribution is 2.28. The van der Waals surface area contributed by atoms with Crippen LogP contribution in [0.5, 0.6) is 0 Å². The number of para-hydroxylation sites is 1. The number of fused-ring (bicyclic) bond motifs is 1. The number of hydrogen-bond donors (Lipinski definition) is 2. The zero-order valence-electron chi connectivity index (χ0n) is 13.4. The zero-order chi connectivity index (χ0) is 18.1. The molecule has 1 aliphatic rings. The number of nitrogens with one attached hydrogen (secondary N) is 2. The fourth-order valence-corrected chi connectivity index (χ4v) is 2.85. The summed E-state index contributed by atoms with van der Waals surface area (Å²) in [5.74, 6) is -0.0935. The predicted octanol–water partition coefficient (Wildman–Crippen LogP) is 2.52. The fourth-order valence-electron chi connectivity index (χ4n) is 2.66. The number of carbonyl (C=O) groups is 2. The van der Waals surface area contributed by atoms with Gasteiger partial charge in [0, 0.05) is 18.0 Å². The topological polar surface area (TPSA) is 102 Å². The van der Waals surface area contributed by atoms with Crippen molar-refractivity contribution in [2.24, 2.45) is 0 Å². The van der Waals surface area contributed by atoms with E-state index in [9.17, 15) is 9.59 Å². The van der Waals surface area contributed by atoms with E-state index in [4.69, 9.17) is 11.6 Å². The molecule has 0 radical (unpaired) electrons. The van der Waals surface area contributed by atoms with Crippen LogP contribution in [0.25, 0.3) is 11.4 Å². The number of hydrogen-bond acceptors (Lipinski definition) is 5. The Labute approximate surface area is 153 Å². The smallest absolute Gasteiger partial charge is 0.249 e. The molecule has 3 aromatic rings. The molecule has 2 N–H and O–H groups in total. The van der Waals surface area contributed by atoms with Crippen LogP contribution >= 0.6 is 11.6 Å². The average Bonchev–Trinajstić information content (AvgIpc) is 3.07. The summed E-state index contributed by atoms with van der Waals surface area (Å²) in [6, 6.07) is 9.62. The highest BCUT2D eigenvalue weighted by atomic mass is 35.5. The van der Waals surface area contributed by atoms with Gasteiger partial charge in [-0.05, 0) is 24.3 Å². The largest absolute Gasteiger partial charge is 0.323 e. The van der Waals surface area contributed by atoms with Gasteiger partial charge in [-0.15, -0.1) is 5.10 Å². The molecule has 4 rings (SSSR count). The number of anilines is 2. The lowest BCUT2D eigenvalue weighted by Gasteiger charge is -2.22. The maximum atomic E-state index is 12.7. The number of rotatable bonds is 3. The molecule has 0 unspecified atom stereocenters. The van der Waals surface area contributed by atoms with Crippen LogP contribution < -0.4 is 10.6 Å². The van der Waals surface area contributed by atoms with Crippen LogP contribution in [0.4, 0.5) is 11.6 Å². The van der Waals surface area contributed by atoms with Crippen molar-refractivity contribution >= 4 is 35.1 Å². The third-order valence-corrected chi connectivity index (χ3v) is 4.24. The molecule has 0 saturated heterocycles. The second-order valence-corrected chi connectivity index (χ2v) is 6.09. The molecule has 0 aliphatic carbocycles. The normalized spacial score (nSPS) is 15.9. The minimum Gasteiger partial charge on any atom is -0.323 e. The Morgan fingerprint density at radius 1 is 1.27 bits per heavy atom. The average molecular weight is 369 g/mol. The van der Waals surface area contributed by atoms with Crippen molar-refractivity contribution in [3.8, 4) is 11.4 Å². The minimum atomic E-state index is -0.826. The predicted molar refractivity (Wildman–Crippen MR) is 95.6 cm³/mol. The Kier molecular flexibility index (Phi) is 4.10. The molecule has 1 aromatic carbocycles. The molecule has 0 bridgehead atoms. The Bertz CT molecular complexity index is 988. The van der Waals surface area contributed by atoms with Gasteiger partial charge in [-0.3, -0.25) is 19.9 Å². The van der Waals surface area contributed by atoms with E-state index in [1.165, 1.54) is 4.68 Å². The van der Waals surface area contributed by atoms with Gasteiger partial charge in [0.15, 0.2) is 5.82 Å². The van der Waals surface area contributed by atoms with E-state index in [2.05, 4.69) is 25.7 Å². The molecule has 130 valence electrons. The van der Waals surface area contributed by atoms with E-state index in [0.717, 1.165) is 0 Å². The number of halogens is 1. The van der Waals surface area contributed by atoms with E-state index in [0.29, 0.717) is 22.1 Å². The zero-order valence-corrected chi connectivity index (χ0v) is 14.1. The molecular weight excluding hydrogens is 356 g/mol. The van der Waals surface area contributed by atoms with E-state index < -0.39 is 11.9 Å². The summed E-state index contributed by atoms with van der Waals surface area (Å²) in [6.45, 7) is 0. The second-order valence-electron chi connectivity index (χ2n) is 5.68. The Hall–Kier alpha value is -3.26. The Balaban J connectivity index is 1.66. The lowest BCUT2D eigenvalue weighted by molar-refractivity contribution is -0.125. The van der Waals surface area contributed by atoms with Crippen LogP contribution in [0.2, 0.25) is 5.02 Å². The summed E-state index contributed by atoms with van der Waals surface area (Å²) in [7, 11) is 0. The third kappa shape index (κ3) is 3.02. The summed E-state index contributed by atoms with van der Waals surface area (Å²) in [5, 5.41) is 10.2.